The van der Waals surface area contributed by atoms with Crippen LogP contribution in [0.4, 0.5) is 0 Å². The van der Waals surface area contributed by atoms with E-state index in [0.29, 0.717) is 44.6 Å². The molecule has 9 nitrogen and oxygen atoms in total. The SMILES string of the molecule is COc1cc(/C=N/NC(=O)CSc2nc3ccccc3c(=O)n2-c2ccccc2C)cc(OC)c1OC. The van der Waals surface area contributed by atoms with E-state index in [0.717, 1.165) is 17.3 Å². The molecule has 0 saturated heterocycles. The first-order valence-electron chi connectivity index (χ1n) is 11.3. The third-order valence-electron chi connectivity index (χ3n) is 5.52. The van der Waals surface area contributed by atoms with Crippen LogP contribution in [0.15, 0.2) is 75.7 Å². The van der Waals surface area contributed by atoms with Gasteiger partial charge in [-0.15, -0.1) is 0 Å². The Bertz CT molecular complexity index is 1510. The normalized spacial score (nSPS) is 11.0. The molecule has 1 N–H and O–H groups in total. The Morgan fingerprint density at radius 3 is 2.38 bits per heavy atom. The van der Waals surface area contributed by atoms with Crippen LogP contribution in [0.5, 0.6) is 17.2 Å². The summed E-state index contributed by atoms with van der Waals surface area (Å²) in [5.41, 5.74) is 5.17. The van der Waals surface area contributed by atoms with Crippen LogP contribution in [0, 0.1) is 6.92 Å². The van der Waals surface area contributed by atoms with Crippen LogP contribution in [0.25, 0.3) is 16.6 Å². The van der Waals surface area contributed by atoms with E-state index in [1.807, 2.05) is 37.3 Å². The van der Waals surface area contributed by atoms with E-state index in [2.05, 4.69) is 15.5 Å². The summed E-state index contributed by atoms with van der Waals surface area (Å²) in [4.78, 5) is 30.6. The van der Waals surface area contributed by atoms with Gasteiger partial charge in [0.05, 0.1) is 49.9 Å². The summed E-state index contributed by atoms with van der Waals surface area (Å²) in [7, 11) is 4.57. The second-order valence-corrected chi connectivity index (χ2v) is 8.82. The summed E-state index contributed by atoms with van der Waals surface area (Å²) in [6.45, 7) is 1.93. The topological polar surface area (TPSA) is 104 Å². The lowest BCUT2D eigenvalue weighted by Crippen LogP contribution is -2.24. The fourth-order valence-corrected chi connectivity index (χ4v) is 4.55. The predicted octanol–water partition coefficient (Wildman–Crippen LogP) is 3.96. The van der Waals surface area contributed by atoms with Crippen LogP contribution >= 0.6 is 11.8 Å². The maximum absolute atomic E-state index is 13.4. The lowest BCUT2D eigenvalue weighted by atomic mass is 10.2. The molecule has 0 aliphatic rings. The highest BCUT2D eigenvalue weighted by atomic mass is 32.2. The van der Waals surface area contributed by atoms with Gasteiger partial charge in [-0.2, -0.15) is 5.10 Å². The molecular formula is C27H26N4O5S. The monoisotopic (exact) mass is 518 g/mol. The molecule has 37 heavy (non-hydrogen) atoms. The molecule has 0 aliphatic heterocycles. The summed E-state index contributed by atoms with van der Waals surface area (Å²) in [6, 6.07) is 18.1. The molecule has 10 heteroatoms. The number of rotatable bonds is 9. The van der Waals surface area contributed by atoms with Gasteiger partial charge in [0.15, 0.2) is 16.7 Å². The lowest BCUT2D eigenvalue weighted by molar-refractivity contribution is -0.118. The number of benzene rings is 3. The summed E-state index contributed by atoms with van der Waals surface area (Å²) in [5.74, 6) is 1.06. The molecular weight excluding hydrogens is 492 g/mol. The Morgan fingerprint density at radius 1 is 1.03 bits per heavy atom. The molecule has 3 aromatic carbocycles. The Hall–Kier alpha value is -4.31. The third kappa shape index (κ3) is 5.59. The van der Waals surface area contributed by atoms with E-state index in [9.17, 15) is 9.59 Å². The molecule has 4 aromatic rings. The van der Waals surface area contributed by atoms with Gasteiger partial charge in [0, 0.05) is 5.56 Å². The summed E-state index contributed by atoms with van der Waals surface area (Å²) in [6.07, 6.45) is 1.48. The molecule has 0 saturated carbocycles. The van der Waals surface area contributed by atoms with Crippen molar-refractivity contribution in [1.82, 2.24) is 15.0 Å². The Kier molecular flexibility index (Phi) is 8.09. The average molecular weight is 519 g/mol. The number of amides is 1. The summed E-state index contributed by atoms with van der Waals surface area (Å²) < 4.78 is 17.5. The van der Waals surface area contributed by atoms with Gasteiger partial charge in [-0.25, -0.2) is 10.4 Å². The first-order chi connectivity index (χ1) is 18.0. The molecule has 1 aromatic heterocycles. The molecule has 0 unspecified atom stereocenters. The van der Waals surface area contributed by atoms with Crippen LogP contribution in [0.1, 0.15) is 11.1 Å². The van der Waals surface area contributed by atoms with Crippen molar-refractivity contribution in [3.63, 3.8) is 0 Å². The number of carbonyl (C=O) groups excluding carboxylic acids is 1. The number of para-hydroxylation sites is 2. The van der Waals surface area contributed by atoms with Gasteiger partial charge in [-0.1, -0.05) is 42.1 Å². The van der Waals surface area contributed by atoms with Gasteiger partial charge >= 0.3 is 0 Å². The molecule has 0 aliphatic carbocycles. The Labute approximate surface area is 218 Å². The first kappa shape index (κ1) is 25.8. The highest BCUT2D eigenvalue weighted by molar-refractivity contribution is 7.99. The zero-order valence-electron chi connectivity index (χ0n) is 20.8. The minimum Gasteiger partial charge on any atom is -0.493 e. The summed E-state index contributed by atoms with van der Waals surface area (Å²) in [5, 5.41) is 4.97. The van der Waals surface area contributed by atoms with E-state index >= 15 is 0 Å². The van der Waals surface area contributed by atoms with Crippen molar-refractivity contribution >= 4 is 34.8 Å². The van der Waals surface area contributed by atoms with E-state index in [1.54, 1.807) is 34.9 Å². The highest BCUT2D eigenvalue weighted by Crippen LogP contribution is 2.37. The van der Waals surface area contributed by atoms with Crippen molar-refractivity contribution in [2.75, 3.05) is 27.1 Å². The van der Waals surface area contributed by atoms with Crippen molar-refractivity contribution in [2.45, 2.75) is 12.1 Å². The largest absolute Gasteiger partial charge is 0.493 e. The van der Waals surface area contributed by atoms with Crippen LogP contribution in [0.2, 0.25) is 0 Å². The van der Waals surface area contributed by atoms with Crippen LogP contribution < -0.4 is 25.2 Å². The van der Waals surface area contributed by atoms with Crippen molar-refractivity contribution in [1.29, 1.82) is 0 Å². The molecule has 0 fully saturated rings. The second-order valence-electron chi connectivity index (χ2n) is 7.88. The zero-order chi connectivity index (χ0) is 26.4. The lowest BCUT2D eigenvalue weighted by Gasteiger charge is -2.14. The van der Waals surface area contributed by atoms with E-state index in [1.165, 1.54) is 27.5 Å². The molecule has 0 atom stereocenters. The van der Waals surface area contributed by atoms with Crippen molar-refractivity contribution < 1.29 is 19.0 Å². The second kappa shape index (κ2) is 11.6. The van der Waals surface area contributed by atoms with Crippen LogP contribution in [-0.2, 0) is 4.79 Å². The van der Waals surface area contributed by atoms with Crippen molar-refractivity contribution in [3.05, 3.63) is 82.1 Å². The van der Waals surface area contributed by atoms with Crippen LogP contribution in [-0.4, -0.2) is 48.8 Å². The molecule has 1 heterocycles. The Balaban J connectivity index is 1.54. The minimum absolute atomic E-state index is 0.00323. The van der Waals surface area contributed by atoms with Gasteiger partial charge in [0.1, 0.15) is 0 Å². The molecule has 0 radical (unpaired) electrons. The van der Waals surface area contributed by atoms with Gasteiger partial charge in [0.2, 0.25) is 5.75 Å². The van der Waals surface area contributed by atoms with Gasteiger partial charge in [-0.05, 0) is 42.8 Å². The number of aryl methyl sites for hydroxylation is 1. The van der Waals surface area contributed by atoms with Gasteiger partial charge < -0.3 is 14.2 Å². The molecule has 1 amide bonds. The average Bonchev–Trinajstić information content (AvgIpc) is 2.92. The zero-order valence-corrected chi connectivity index (χ0v) is 21.7. The van der Waals surface area contributed by atoms with E-state index < -0.39 is 0 Å². The quantitative estimate of drug-likeness (QED) is 0.155. The number of nitrogens with zero attached hydrogens (tertiary/aromatic N) is 3. The van der Waals surface area contributed by atoms with Crippen LogP contribution in [0.3, 0.4) is 0 Å². The van der Waals surface area contributed by atoms with E-state index in [-0.39, 0.29) is 17.2 Å². The minimum atomic E-state index is -0.354. The number of ether oxygens (including phenoxy) is 3. The number of methoxy groups -OCH3 is 3. The standard InChI is InChI=1S/C27H26N4O5S/c1-17-9-5-8-12-21(17)31-26(33)19-10-6-7-11-20(19)29-27(31)37-16-24(32)30-28-15-18-13-22(34-2)25(36-4)23(14-18)35-3/h5-15H,16H2,1-4H3,(H,30,32)/b28-15+. The maximum atomic E-state index is 13.4. The van der Waals surface area contributed by atoms with Crippen molar-refractivity contribution in [2.24, 2.45) is 5.10 Å². The molecule has 190 valence electrons. The number of hydrogen-bond donors (Lipinski definition) is 1. The van der Waals surface area contributed by atoms with Gasteiger partial charge in [-0.3, -0.25) is 14.2 Å². The number of nitrogens with one attached hydrogen (secondary N) is 1. The Morgan fingerprint density at radius 2 is 1.70 bits per heavy atom. The van der Waals surface area contributed by atoms with Crippen molar-refractivity contribution in [3.8, 4) is 22.9 Å². The third-order valence-corrected chi connectivity index (χ3v) is 6.46. The van der Waals surface area contributed by atoms with Gasteiger partial charge in [0.25, 0.3) is 11.5 Å². The summed E-state index contributed by atoms with van der Waals surface area (Å²) >= 11 is 1.16. The number of hydrazone groups is 1. The number of hydrogen-bond acceptors (Lipinski definition) is 8. The number of aromatic nitrogens is 2. The smallest absolute Gasteiger partial charge is 0.266 e. The first-order valence-corrected chi connectivity index (χ1v) is 12.3. The number of carbonyl (C=O) groups is 1. The highest BCUT2D eigenvalue weighted by Gasteiger charge is 2.16. The van der Waals surface area contributed by atoms with E-state index in [4.69, 9.17) is 14.2 Å². The molecule has 4 rings (SSSR count). The number of fused-ring (bicyclic) bond motifs is 1. The fourth-order valence-electron chi connectivity index (χ4n) is 3.75. The fraction of sp³-hybridized carbons (Fsp3) is 0.185. The number of thioether (sulfide) groups is 1. The molecule has 0 spiro atoms. The molecule has 0 bridgehead atoms. The maximum Gasteiger partial charge on any atom is 0.266 e. The predicted molar refractivity (Wildman–Crippen MR) is 145 cm³/mol.